The molecule has 0 aliphatic carbocycles. The van der Waals surface area contributed by atoms with Crippen molar-refractivity contribution in [3.8, 4) is 0 Å². The number of Topliss-reactive ketones (excluding diaryl/α,β-unsaturated/α-hetero) is 1. The highest BCUT2D eigenvalue weighted by molar-refractivity contribution is 7.14. The Kier molecular flexibility index (Phi) is 5.01. The molecule has 0 aliphatic heterocycles. The Morgan fingerprint density at radius 3 is 2.75 bits per heavy atom. The smallest absolute Gasteiger partial charge is 0.220 e. The fraction of sp³-hybridized carbons (Fsp3) is 0.267. The zero-order valence-electron chi connectivity index (χ0n) is 11.3. The van der Waals surface area contributed by atoms with E-state index in [0.717, 1.165) is 15.3 Å². The average Bonchev–Trinajstić information content (AvgIpc) is 2.90. The number of carbonyl (C=O) groups excluding carboxylic acids is 2. The maximum Gasteiger partial charge on any atom is 0.220 e. The summed E-state index contributed by atoms with van der Waals surface area (Å²) in [5.41, 5.74) is 0.945. The summed E-state index contributed by atoms with van der Waals surface area (Å²) in [6, 6.07) is 7.45. The normalized spacial score (nSPS) is 10.2. The summed E-state index contributed by atoms with van der Waals surface area (Å²) in [4.78, 5) is 29.3. The van der Waals surface area contributed by atoms with Crippen molar-refractivity contribution < 1.29 is 9.59 Å². The van der Waals surface area contributed by atoms with Crippen LogP contribution < -0.4 is 5.32 Å². The van der Waals surface area contributed by atoms with E-state index in [4.69, 9.17) is 0 Å². The summed E-state index contributed by atoms with van der Waals surface area (Å²) in [5.74, 6) is -0.0879. The van der Waals surface area contributed by atoms with E-state index in [2.05, 4.69) is 10.3 Å². The van der Waals surface area contributed by atoms with Crippen LogP contribution >= 0.6 is 11.3 Å². The second kappa shape index (κ2) is 6.96. The van der Waals surface area contributed by atoms with Gasteiger partial charge in [0.25, 0.3) is 0 Å². The Labute approximate surface area is 121 Å². The highest BCUT2D eigenvalue weighted by Crippen LogP contribution is 2.17. The molecule has 0 radical (unpaired) electrons. The average molecular weight is 288 g/mol. The number of nitrogens with zero attached hydrogens (tertiary/aromatic N) is 1. The summed E-state index contributed by atoms with van der Waals surface area (Å²) in [7, 11) is 0. The molecule has 104 valence electrons. The quantitative estimate of drug-likeness (QED) is 0.831. The molecule has 1 N–H and O–H groups in total. The second-order valence-corrected chi connectivity index (χ2v) is 5.76. The van der Waals surface area contributed by atoms with Gasteiger partial charge in [-0.25, -0.2) is 0 Å². The third kappa shape index (κ3) is 4.28. The van der Waals surface area contributed by atoms with Crippen LogP contribution in [-0.2, 0) is 11.3 Å². The first-order valence-corrected chi connectivity index (χ1v) is 7.22. The fourth-order valence-electron chi connectivity index (χ4n) is 1.73. The van der Waals surface area contributed by atoms with Gasteiger partial charge < -0.3 is 5.32 Å². The molecule has 2 heterocycles. The van der Waals surface area contributed by atoms with Gasteiger partial charge in [0.1, 0.15) is 0 Å². The number of hydrogen-bond donors (Lipinski definition) is 1. The van der Waals surface area contributed by atoms with Crippen LogP contribution in [0.4, 0.5) is 0 Å². The van der Waals surface area contributed by atoms with Gasteiger partial charge in [0, 0.05) is 36.7 Å². The number of aromatic nitrogens is 1. The molecule has 2 rings (SSSR count). The highest BCUT2D eigenvalue weighted by atomic mass is 32.1. The monoisotopic (exact) mass is 288 g/mol. The summed E-state index contributed by atoms with van der Waals surface area (Å²) >= 11 is 1.47. The van der Waals surface area contributed by atoms with Gasteiger partial charge in [-0.1, -0.05) is 6.07 Å². The molecular formula is C15H16N2O2S. The molecule has 1 amide bonds. The maximum absolute atomic E-state index is 11.9. The number of pyridine rings is 1. The lowest BCUT2D eigenvalue weighted by molar-refractivity contribution is -0.121. The van der Waals surface area contributed by atoms with E-state index in [9.17, 15) is 9.59 Å². The number of ketones is 1. The molecule has 0 spiro atoms. The van der Waals surface area contributed by atoms with Crippen LogP contribution in [0.15, 0.2) is 36.7 Å². The van der Waals surface area contributed by atoms with Crippen molar-refractivity contribution in [3.05, 3.63) is 52.0 Å². The summed E-state index contributed by atoms with van der Waals surface area (Å²) in [6.45, 7) is 2.40. The summed E-state index contributed by atoms with van der Waals surface area (Å²) < 4.78 is 0. The van der Waals surface area contributed by atoms with Crippen LogP contribution in [0.2, 0.25) is 0 Å². The number of hydrogen-bond acceptors (Lipinski definition) is 4. The van der Waals surface area contributed by atoms with Crippen LogP contribution in [-0.4, -0.2) is 16.7 Å². The van der Waals surface area contributed by atoms with Crippen molar-refractivity contribution in [2.24, 2.45) is 0 Å². The number of amides is 1. The van der Waals surface area contributed by atoms with Crippen LogP contribution in [0.25, 0.3) is 0 Å². The molecule has 0 saturated heterocycles. The molecule has 0 saturated carbocycles. The van der Waals surface area contributed by atoms with Crippen molar-refractivity contribution in [1.82, 2.24) is 10.3 Å². The van der Waals surface area contributed by atoms with Crippen molar-refractivity contribution in [1.29, 1.82) is 0 Å². The van der Waals surface area contributed by atoms with E-state index in [1.54, 1.807) is 12.4 Å². The van der Waals surface area contributed by atoms with E-state index in [-0.39, 0.29) is 24.5 Å². The van der Waals surface area contributed by atoms with Gasteiger partial charge in [-0.2, -0.15) is 0 Å². The van der Waals surface area contributed by atoms with Gasteiger partial charge >= 0.3 is 0 Å². The minimum atomic E-state index is -0.115. The Morgan fingerprint density at radius 2 is 2.10 bits per heavy atom. The zero-order chi connectivity index (χ0) is 14.4. The van der Waals surface area contributed by atoms with E-state index < -0.39 is 0 Å². The van der Waals surface area contributed by atoms with E-state index in [0.29, 0.717) is 6.54 Å². The summed E-state index contributed by atoms with van der Waals surface area (Å²) in [6.07, 6.45) is 3.86. The first-order chi connectivity index (χ1) is 9.65. The lowest BCUT2D eigenvalue weighted by atomic mass is 10.2. The SMILES string of the molecule is Cc1ccc(C(=O)CCC(=O)NCc2cccnc2)s1. The van der Waals surface area contributed by atoms with Gasteiger partial charge in [0.2, 0.25) is 5.91 Å². The Hall–Kier alpha value is -2.01. The molecule has 0 aliphatic rings. The Morgan fingerprint density at radius 1 is 1.25 bits per heavy atom. The van der Waals surface area contributed by atoms with Crippen molar-refractivity contribution in [2.75, 3.05) is 0 Å². The lowest BCUT2D eigenvalue weighted by Crippen LogP contribution is -2.23. The Bertz CT molecular complexity index is 593. The van der Waals surface area contributed by atoms with Crippen LogP contribution in [0, 0.1) is 6.92 Å². The van der Waals surface area contributed by atoms with Gasteiger partial charge in [-0.05, 0) is 30.7 Å². The highest BCUT2D eigenvalue weighted by Gasteiger charge is 2.10. The minimum Gasteiger partial charge on any atom is -0.352 e. The number of thiophene rings is 1. The molecule has 5 heteroatoms. The second-order valence-electron chi connectivity index (χ2n) is 4.47. The molecule has 4 nitrogen and oxygen atoms in total. The van der Waals surface area contributed by atoms with E-state index in [1.807, 2.05) is 31.2 Å². The van der Waals surface area contributed by atoms with Crippen molar-refractivity contribution >= 4 is 23.0 Å². The number of nitrogens with one attached hydrogen (secondary N) is 1. The number of rotatable bonds is 6. The molecule has 2 aromatic heterocycles. The number of carbonyl (C=O) groups is 2. The van der Waals surface area contributed by atoms with Crippen LogP contribution in [0.5, 0.6) is 0 Å². The lowest BCUT2D eigenvalue weighted by Gasteiger charge is -2.04. The van der Waals surface area contributed by atoms with Gasteiger partial charge in [-0.15, -0.1) is 11.3 Å². The van der Waals surface area contributed by atoms with Gasteiger partial charge in [0.15, 0.2) is 5.78 Å². The third-order valence-electron chi connectivity index (χ3n) is 2.81. The fourth-order valence-corrected chi connectivity index (χ4v) is 2.56. The largest absolute Gasteiger partial charge is 0.352 e. The first kappa shape index (κ1) is 14.4. The standard InChI is InChI=1S/C15H16N2O2S/c1-11-4-6-14(20-11)13(18)5-7-15(19)17-10-12-3-2-8-16-9-12/h2-4,6,8-9H,5,7,10H2,1H3,(H,17,19). The predicted molar refractivity (Wildman–Crippen MR) is 78.7 cm³/mol. The topological polar surface area (TPSA) is 59.1 Å². The van der Waals surface area contributed by atoms with E-state index >= 15 is 0 Å². The first-order valence-electron chi connectivity index (χ1n) is 6.40. The summed E-state index contributed by atoms with van der Waals surface area (Å²) in [5, 5.41) is 2.78. The number of aryl methyl sites for hydroxylation is 1. The van der Waals surface area contributed by atoms with Crippen LogP contribution in [0.1, 0.15) is 33.0 Å². The molecule has 0 aromatic carbocycles. The van der Waals surface area contributed by atoms with Crippen LogP contribution in [0.3, 0.4) is 0 Å². The predicted octanol–water partition coefficient (Wildman–Crippen LogP) is 2.73. The zero-order valence-corrected chi connectivity index (χ0v) is 12.1. The maximum atomic E-state index is 11.9. The molecule has 0 unspecified atom stereocenters. The Balaban J connectivity index is 1.74. The third-order valence-corrected chi connectivity index (χ3v) is 3.85. The molecule has 0 atom stereocenters. The molecular weight excluding hydrogens is 272 g/mol. The van der Waals surface area contributed by atoms with Crippen molar-refractivity contribution in [2.45, 2.75) is 26.3 Å². The molecule has 2 aromatic rings. The van der Waals surface area contributed by atoms with E-state index in [1.165, 1.54) is 11.3 Å². The minimum absolute atomic E-state index is 0.0274. The van der Waals surface area contributed by atoms with Gasteiger partial charge in [-0.3, -0.25) is 14.6 Å². The molecule has 0 bridgehead atoms. The van der Waals surface area contributed by atoms with Crippen molar-refractivity contribution in [3.63, 3.8) is 0 Å². The molecule has 0 fully saturated rings. The molecule has 20 heavy (non-hydrogen) atoms. The van der Waals surface area contributed by atoms with Gasteiger partial charge in [0.05, 0.1) is 4.88 Å².